The van der Waals surface area contributed by atoms with Gasteiger partial charge in [0.05, 0.1) is 13.2 Å². The monoisotopic (exact) mass is 466 g/mol. The van der Waals surface area contributed by atoms with Crippen LogP contribution in [0.15, 0.2) is 16.4 Å². The van der Waals surface area contributed by atoms with E-state index in [1.807, 2.05) is 18.3 Å². The van der Waals surface area contributed by atoms with Crippen LogP contribution in [0.3, 0.4) is 0 Å². The van der Waals surface area contributed by atoms with Crippen molar-refractivity contribution < 1.29 is 4.74 Å². The molecule has 0 bridgehead atoms. The number of fused-ring (bicyclic) bond motifs is 1. The van der Waals surface area contributed by atoms with Gasteiger partial charge in [0.15, 0.2) is 5.96 Å². The minimum absolute atomic E-state index is 0. The highest BCUT2D eigenvalue weighted by molar-refractivity contribution is 14.0. The number of hydrogen-bond donors (Lipinski definition) is 2. The van der Waals surface area contributed by atoms with Crippen LogP contribution in [0.2, 0.25) is 0 Å². The first-order chi connectivity index (χ1) is 11.2. The van der Waals surface area contributed by atoms with Gasteiger partial charge in [-0.3, -0.25) is 9.89 Å². The number of thiophene rings is 1. The second kappa shape index (κ2) is 12.1. The molecule has 1 atom stereocenters. The third kappa shape index (κ3) is 6.85. The van der Waals surface area contributed by atoms with E-state index < -0.39 is 0 Å². The molecule has 2 heterocycles. The third-order valence-electron chi connectivity index (χ3n) is 4.06. The lowest BCUT2D eigenvalue weighted by atomic mass is 10.1. The average Bonchev–Trinajstić information content (AvgIpc) is 3.03. The normalized spacial score (nSPS) is 16.2. The maximum Gasteiger partial charge on any atom is 0.191 e. The van der Waals surface area contributed by atoms with E-state index in [-0.39, 0.29) is 24.0 Å². The smallest absolute Gasteiger partial charge is 0.191 e. The molecule has 0 aromatic carbocycles. The van der Waals surface area contributed by atoms with Crippen molar-refractivity contribution in [2.45, 2.75) is 39.8 Å². The predicted octanol–water partition coefficient (Wildman–Crippen LogP) is 2.70. The molecule has 1 aliphatic heterocycles. The number of guanidine groups is 1. The lowest BCUT2D eigenvalue weighted by Gasteiger charge is -2.31. The van der Waals surface area contributed by atoms with Crippen LogP contribution in [0.1, 0.15) is 31.2 Å². The lowest BCUT2D eigenvalue weighted by Crippen LogP contribution is -2.42. The van der Waals surface area contributed by atoms with Crippen LogP contribution in [0.4, 0.5) is 0 Å². The Kier molecular flexibility index (Phi) is 10.9. The highest BCUT2D eigenvalue weighted by atomic mass is 127. The summed E-state index contributed by atoms with van der Waals surface area (Å²) in [6.45, 7) is 12.5. The van der Waals surface area contributed by atoms with E-state index in [9.17, 15) is 0 Å². The Hall–Kier alpha value is -0.380. The van der Waals surface area contributed by atoms with Crippen molar-refractivity contribution in [3.63, 3.8) is 0 Å². The summed E-state index contributed by atoms with van der Waals surface area (Å²) in [5.41, 5.74) is 1.50. The number of nitrogens with one attached hydrogen (secondary N) is 2. The molecule has 0 amide bonds. The molecular weight excluding hydrogens is 435 g/mol. The fraction of sp³-hybridized carbons (Fsp3) is 0.706. The van der Waals surface area contributed by atoms with Gasteiger partial charge in [0.25, 0.3) is 0 Å². The minimum atomic E-state index is 0. The summed E-state index contributed by atoms with van der Waals surface area (Å²) in [5.74, 6) is 0.882. The largest absolute Gasteiger partial charge is 0.380 e. The number of aliphatic imine (C=N–C) groups is 1. The quantitative estimate of drug-likeness (QED) is 0.268. The Morgan fingerprint density at radius 2 is 2.25 bits per heavy atom. The Labute approximate surface area is 167 Å². The molecule has 0 aliphatic carbocycles. The van der Waals surface area contributed by atoms with Crippen LogP contribution in [-0.2, 0) is 17.7 Å². The van der Waals surface area contributed by atoms with Gasteiger partial charge in [-0.15, -0.1) is 35.3 Å². The third-order valence-corrected chi connectivity index (χ3v) is 5.08. The number of nitrogens with zero attached hydrogens (tertiary/aromatic N) is 2. The van der Waals surface area contributed by atoms with Crippen molar-refractivity contribution in [2.75, 3.05) is 39.4 Å². The fourth-order valence-corrected chi connectivity index (χ4v) is 3.60. The number of hydrogen-bond acceptors (Lipinski definition) is 4. The highest BCUT2D eigenvalue weighted by Crippen LogP contribution is 2.25. The van der Waals surface area contributed by atoms with Crippen molar-refractivity contribution >= 4 is 41.3 Å². The van der Waals surface area contributed by atoms with Crippen molar-refractivity contribution in [3.05, 3.63) is 21.9 Å². The summed E-state index contributed by atoms with van der Waals surface area (Å²) in [4.78, 5) is 8.82. The highest BCUT2D eigenvalue weighted by Gasteiger charge is 2.21. The Bertz CT molecular complexity index is 495. The topological polar surface area (TPSA) is 48.9 Å². The molecule has 2 rings (SSSR count). The van der Waals surface area contributed by atoms with Crippen LogP contribution >= 0.6 is 35.3 Å². The van der Waals surface area contributed by atoms with Gasteiger partial charge in [-0.1, -0.05) is 0 Å². The minimum Gasteiger partial charge on any atom is -0.380 e. The molecule has 1 unspecified atom stereocenters. The molecule has 1 aromatic heterocycles. The van der Waals surface area contributed by atoms with E-state index in [0.717, 1.165) is 45.3 Å². The molecule has 1 aliphatic rings. The molecule has 5 nitrogen and oxygen atoms in total. The van der Waals surface area contributed by atoms with E-state index in [0.29, 0.717) is 12.6 Å². The van der Waals surface area contributed by atoms with Gasteiger partial charge in [-0.2, -0.15) is 0 Å². The van der Waals surface area contributed by atoms with Crippen molar-refractivity contribution in [3.8, 4) is 0 Å². The SMILES string of the molecule is CCNC(=NCC(C)N1CCc2sccc2C1)NCCOCC.I. The van der Waals surface area contributed by atoms with Gasteiger partial charge < -0.3 is 15.4 Å². The van der Waals surface area contributed by atoms with E-state index in [1.54, 1.807) is 4.88 Å². The zero-order chi connectivity index (χ0) is 16.5. The Morgan fingerprint density at radius 3 is 3.00 bits per heavy atom. The second-order valence-electron chi connectivity index (χ2n) is 5.78. The fourth-order valence-electron chi connectivity index (χ4n) is 2.71. The number of ether oxygens (including phenoxy) is 1. The predicted molar refractivity (Wildman–Crippen MR) is 114 cm³/mol. The molecule has 1 aromatic rings. The van der Waals surface area contributed by atoms with Crippen molar-refractivity contribution in [1.82, 2.24) is 15.5 Å². The second-order valence-corrected chi connectivity index (χ2v) is 6.78. The maximum absolute atomic E-state index is 5.36. The molecule has 7 heteroatoms. The molecule has 0 saturated heterocycles. The molecule has 0 radical (unpaired) electrons. The Morgan fingerprint density at radius 1 is 1.42 bits per heavy atom. The molecule has 138 valence electrons. The van der Waals surface area contributed by atoms with Crippen LogP contribution in [0.25, 0.3) is 0 Å². The van der Waals surface area contributed by atoms with Crippen LogP contribution < -0.4 is 10.6 Å². The summed E-state index contributed by atoms with van der Waals surface area (Å²) in [5, 5.41) is 8.83. The van der Waals surface area contributed by atoms with E-state index in [2.05, 4.69) is 40.8 Å². The molecule has 0 saturated carbocycles. The summed E-state index contributed by atoms with van der Waals surface area (Å²) in [7, 11) is 0. The Balaban J connectivity index is 0.00000288. The number of halogens is 1. The zero-order valence-electron chi connectivity index (χ0n) is 15.0. The van der Waals surface area contributed by atoms with Gasteiger partial charge in [-0.25, -0.2) is 0 Å². The van der Waals surface area contributed by atoms with E-state index in [1.165, 1.54) is 12.0 Å². The average molecular weight is 466 g/mol. The maximum atomic E-state index is 5.36. The van der Waals surface area contributed by atoms with E-state index in [4.69, 9.17) is 9.73 Å². The van der Waals surface area contributed by atoms with E-state index >= 15 is 0 Å². The standard InChI is InChI=1S/C17H30N4OS.HI/c1-4-18-17(19-8-10-22-5-2)20-12-14(3)21-9-6-16-15(13-21)7-11-23-16;/h7,11,14H,4-6,8-10,12-13H2,1-3H3,(H2,18,19,20);1H. The van der Waals surface area contributed by atoms with Crippen molar-refractivity contribution in [1.29, 1.82) is 0 Å². The van der Waals surface area contributed by atoms with Gasteiger partial charge in [0, 0.05) is 43.7 Å². The van der Waals surface area contributed by atoms with Gasteiger partial charge in [0.2, 0.25) is 0 Å². The first-order valence-electron chi connectivity index (χ1n) is 8.63. The molecule has 24 heavy (non-hydrogen) atoms. The van der Waals surface area contributed by atoms with Gasteiger partial charge >= 0.3 is 0 Å². The first-order valence-corrected chi connectivity index (χ1v) is 9.51. The summed E-state index contributed by atoms with van der Waals surface area (Å²) >= 11 is 1.89. The van der Waals surface area contributed by atoms with Crippen molar-refractivity contribution in [2.24, 2.45) is 4.99 Å². The summed E-state index contributed by atoms with van der Waals surface area (Å²) in [6.07, 6.45) is 1.17. The molecule has 0 spiro atoms. The lowest BCUT2D eigenvalue weighted by molar-refractivity contribution is 0.152. The zero-order valence-corrected chi connectivity index (χ0v) is 18.2. The molecule has 0 fully saturated rings. The number of rotatable bonds is 8. The summed E-state index contributed by atoms with van der Waals surface area (Å²) < 4.78 is 5.36. The van der Waals surface area contributed by atoms with Gasteiger partial charge in [-0.05, 0) is 44.2 Å². The molecule has 2 N–H and O–H groups in total. The molecular formula is C17H31IN4OS. The van der Waals surface area contributed by atoms with Crippen LogP contribution in [0, 0.1) is 0 Å². The van der Waals surface area contributed by atoms with Crippen LogP contribution in [-0.4, -0.2) is 56.3 Å². The summed E-state index contributed by atoms with van der Waals surface area (Å²) in [6, 6.07) is 2.71. The van der Waals surface area contributed by atoms with Gasteiger partial charge in [0.1, 0.15) is 0 Å². The first kappa shape index (κ1) is 21.7. The van der Waals surface area contributed by atoms with Crippen LogP contribution in [0.5, 0.6) is 0 Å².